The largest absolute Gasteiger partial charge is 0.383 e. The van der Waals surface area contributed by atoms with E-state index in [-0.39, 0.29) is 0 Å². The van der Waals surface area contributed by atoms with Crippen LogP contribution in [0.1, 0.15) is 11.7 Å². The topological polar surface area (TPSA) is 23.5 Å². The Kier molecular flexibility index (Phi) is 2.67. The number of allylic oxidation sites excluding steroid dienone is 1. The molecule has 1 atom stereocenters. The summed E-state index contributed by atoms with van der Waals surface area (Å²) in [5.41, 5.74) is 3.62. The lowest BCUT2D eigenvalue weighted by Crippen LogP contribution is -2.25. The lowest BCUT2D eigenvalue weighted by atomic mass is 9.93. The number of hydrogen-bond acceptors (Lipinski definition) is 2. The molecule has 82 valence electrons. The van der Waals surface area contributed by atoms with Gasteiger partial charge in [0.1, 0.15) is 6.10 Å². The van der Waals surface area contributed by atoms with Gasteiger partial charge in [-0.15, -0.1) is 0 Å². The number of benzene rings is 1. The monoisotopic (exact) mass is 213 g/mol. The number of fused-ring (bicyclic) bond motifs is 1. The van der Waals surface area contributed by atoms with Gasteiger partial charge < -0.3 is 10.0 Å². The summed E-state index contributed by atoms with van der Waals surface area (Å²) < 4.78 is 0. The zero-order chi connectivity index (χ0) is 11.7. The fourth-order valence-corrected chi connectivity index (χ4v) is 2.13. The average Bonchev–Trinajstić information content (AvgIpc) is 2.33. The lowest BCUT2D eigenvalue weighted by Gasteiger charge is -2.33. The van der Waals surface area contributed by atoms with Crippen molar-refractivity contribution in [1.82, 2.24) is 0 Å². The van der Waals surface area contributed by atoms with Crippen LogP contribution in [-0.2, 0) is 0 Å². The van der Waals surface area contributed by atoms with Gasteiger partial charge >= 0.3 is 0 Å². The van der Waals surface area contributed by atoms with Crippen molar-refractivity contribution in [3.05, 3.63) is 66.4 Å². The van der Waals surface area contributed by atoms with Crippen LogP contribution in [0.3, 0.4) is 0 Å². The summed E-state index contributed by atoms with van der Waals surface area (Å²) in [6.45, 7) is 7.53. The average molecular weight is 213 g/mol. The summed E-state index contributed by atoms with van der Waals surface area (Å²) in [7, 11) is 1.96. The van der Waals surface area contributed by atoms with Crippen molar-refractivity contribution in [2.24, 2.45) is 0 Å². The van der Waals surface area contributed by atoms with E-state index in [9.17, 15) is 5.11 Å². The third-order valence-electron chi connectivity index (χ3n) is 2.96. The van der Waals surface area contributed by atoms with Crippen molar-refractivity contribution >= 4 is 5.69 Å². The molecule has 1 aliphatic heterocycles. The minimum Gasteiger partial charge on any atom is -0.383 e. The minimum atomic E-state index is -0.613. The number of likely N-dealkylation sites (N-methyl/N-ethyl adjacent to an activating group) is 1. The highest BCUT2D eigenvalue weighted by Gasteiger charge is 2.26. The number of aliphatic hydroxyl groups is 1. The molecular weight excluding hydrogens is 198 g/mol. The first-order valence-electron chi connectivity index (χ1n) is 5.20. The maximum atomic E-state index is 10.2. The second-order valence-electron chi connectivity index (χ2n) is 3.77. The Labute approximate surface area is 95.8 Å². The number of aliphatic hydroxyl groups excluding tert-OH is 1. The fraction of sp³-hybridized carbons (Fsp3) is 0.143. The molecule has 0 fully saturated rings. The van der Waals surface area contributed by atoms with Crippen LogP contribution in [0.2, 0.25) is 0 Å². The van der Waals surface area contributed by atoms with E-state index in [1.165, 1.54) is 0 Å². The third kappa shape index (κ3) is 1.39. The quantitative estimate of drug-likeness (QED) is 0.816. The van der Waals surface area contributed by atoms with Crippen LogP contribution < -0.4 is 4.90 Å². The fourth-order valence-electron chi connectivity index (χ4n) is 2.13. The normalized spacial score (nSPS) is 19.4. The molecule has 0 aliphatic carbocycles. The van der Waals surface area contributed by atoms with Gasteiger partial charge in [-0.3, -0.25) is 0 Å². The summed E-state index contributed by atoms with van der Waals surface area (Å²) in [5.74, 6) is 0. The van der Waals surface area contributed by atoms with Crippen LogP contribution in [0.5, 0.6) is 0 Å². The van der Waals surface area contributed by atoms with Crippen LogP contribution in [0.15, 0.2) is 60.8 Å². The summed E-state index contributed by atoms with van der Waals surface area (Å²) in [4.78, 5) is 2.02. The number of rotatable bonds is 2. The molecule has 1 N–H and O–H groups in total. The molecule has 0 bridgehead atoms. The Morgan fingerprint density at radius 1 is 1.25 bits per heavy atom. The van der Waals surface area contributed by atoms with Gasteiger partial charge in [-0.25, -0.2) is 0 Å². The molecule has 2 heteroatoms. The van der Waals surface area contributed by atoms with Crippen molar-refractivity contribution in [2.75, 3.05) is 11.9 Å². The standard InChI is InChI=1S/C14H15NO/c1-4-10-12(5-2)15(3)13-9-7-6-8-11(13)14(10)16/h4-9,14,16H,1-2H2,3H3. The van der Waals surface area contributed by atoms with Crippen LogP contribution >= 0.6 is 0 Å². The molecule has 0 saturated heterocycles. The molecular formula is C14H15NO. The van der Waals surface area contributed by atoms with E-state index in [0.717, 1.165) is 22.5 Å². The summed E-state index contributed by atoms with van der Waals surface area (Å²) in [6, 6.07) is 7.80. The van der Waals surface area contributed by atoms with E-state index >= 15 is 0 Å². The molecule has 0 spiro atoms. The Bertz CT molecular complexity index is 430. The highest BCUT2D eigenvalue weighted by atomic mass is 16.3. The third-order valence-corrected chi connectivity index (χ3v) is 2.96. The van der Waals surface area contributed by atoms with Gasteiger partial charge in [0.15, 0.2) is 0 Å². The van der Waals surface area contributed by atoms with Crippen molar-refractivity contribution in [3.63, 3.8) is 0 Å². The molecule has 1 aromatic rings. The van der Waals surface area contributed by atoms with Gasteiger partial charge in [0, 0.05) is 29.6 Å². The molecule has 0 saturated carbocycles. The minimum absolute atomic E-state index is 0.613. The van der Waals surface area contributed by atoms with E-state index in [0.29, 0.717) is 0 Å². The molecule has 1 aliphatic rings. The molecule has 2 rings (SSSR count). The van der Waals surface area contributed by atoms with Gasteiger partial charge in [-0.05, 0) is 12.1 Å². The molecule has 0 amide bonds. The Morgan fingerprint density at radius 2 is 1.94 bits per heavy atom. The smallest absolute Gasteiger partial charge is 0.108 e. The van der Waals surface area contributed by atoms with Crippen molar-refractivity contribution in [3.8, 4) is 0 Å². The number of nitrogens with zero attached hydrogens (tertiary/aromatic N) is 1. The Morgan fingerprint density at radius 3 is 2.56 bits per heavy atom. The summed E-state index contributed by atoms with van der Waals surface area (Å²) in [5, 5.41) is 10.2. The van der Waals surface area contributed by atoms with Crippen molar-refractivity contribution < 1.29 is 5.11 Å². The first-order valence-corrected chi connectivity index (χ1v) is 5.20. The van der Waals surface area contributed by atoms with E-state index in [1.54, 1.807) is 12.2 Å². The van der Waals surface area contributed by atoms with Gasteiger partial charge in [0.25, 0.3) is 0 Å². The van der Waals surface area contributed by atoms with Crippen LogP contribution in [0.4, 0.5) is 5.69 Å². The van der Waals surface area contributed by atoms with Gasteiger partial charge in [0.2, 0.25) is 0 Å². The van der Waals surface area contributed by atoms with Crippen molar-refractivity contribution in [1.29, 1.82) is 0 Å². The van der Waals surface area contributed by atoms with Crippen molar-refractivity contribution in [2.45, 2.75) is 6.10 Å². The Balaban J connectivity index is 2.66. The maximum Gasteiger partial charge on any atom is 0.108 e. The molecule has 0 radical (unpaired) electrons. The van der Waals surface area contributed by atoms with Gasteiger partial charge in [0.05, 0.1) is 0 Å². The molecule has 2 nitrogen and oxygen atoms in total. The summed E-state index contributed by atoms with van der Waals surface area (Å²) in [6.07, 6.45) is 2.82. The van der Waals surface area contributed by atoms with Crippen LogP contribution in [-0.4, -0.2) is 12.2 Å². The van der Waals surface area contributed by atoms with E-state index in [1.807, 2.05) is 36.2 Å². The molecule has 1 aromatic carbocycles. The molecule has 0 aromatic heterocycles. The predicted octanol–water partition coefficient (Wildman–Crippen LogP) is 2.80. The van der Waals surface area contributed by atoms with Gasteiger partial charge in [-0.2, -0.15) is 0 Å². The first kappa shape index (κ1) is 10.7. The highest BCUT2D eigenvalue weighted by molar-refractivity contribution is 5.67. The molecule has 1 unspecified atom stereocenters. The number of hydrogen-bond donors (Lipinski definition) is 1. The molecule has 1 heterocycles. The highest BCUT2D eigenvalue weighted by Crippen LogP contribution is 2.39. The Hall–Kier alpha value is -1.80. The number of anilines is 1. The SMILES string of the molecule is C=CC1=C(C=C)N(C)c2ccccc2C1O. The second kappa shape index (κ2) is 3.99. The van der Waals surface area contributed by atoms with E-state index < -0.39 is 6.10 Å². The van der Waals surface area contributed by atoms with E-state index in [4.69, 9.17) is 0 Å². The second-order valence-corrected chi connectivity index (χ2v) is 3.77. The van der Waals surface area contributed by atoms with Crippen LogP contribution in [0.25, 0.3) is 0 Å². The predicted molar refractivity (Wildman–Crippen MR) is 67.2 cm³/mol. The van der Waals surface area contributed by atoms with Crippen LogP contribution in [0, 0.1) is 0 Å². The zero-order valence-corrected chi connectivity index (χ0v) is 9.35. The molecule has 16 heavy (non-hydrogen) atoms. The van der Waals surface area contributed by atoms with E-state index in [2.05, 4.69) is 13.2 Å². The zero-order valence-electron chi connectivity index (χ0n) is 9.35. The van der Waals surface area contributed by atoms with Gasteiger partial charge in [-0.1, -0.05) is 37.4 Å². The first-order chi connectivity index (χ1) is 7.70. The summed E-state index contributed by atoms with van der Waals surface area (Å²) >= 11 is 0. The maximum absolute atomic E-state index is 10.2. The number of para-hydroxylation sites is 1. The lowest BCUT2D eigenvalue weighted by molar-refractivity contribution is 0.217.